The van der Waals surface area contributed by atoms with Gasteiger partial charge in [0.2, 0.25) is 0 Å². The Morgan fingerprint density at radius 2 is 1.89 bits per heavy atom. The second kappa shape index (κ2) is 5.31. The maximum absolute atomic E-state index is 11.7. The van der Waals surface area contributed by atoms with Crippen LogP contribution in [0.2, 0.25) is 0 Å². The highest BCUT2D eigenvalue weighted by Gasteiger charge is 2.35. The minimum atomic E-state index is -3.07. The van der Waals surface area contributed by atoms with E-state index in [9.17, 15) is 8.42 Å². The molecule has 2 atom stereocenters. The Bertz CT molecular complexity index is 493. The Labute approximate surface area is 110 Å². The van der Waals surface area contributed by atoms with Gasteiger partial charge in [0.15, 0.2) is 9.84 Å². The summed E-state index contributed by atoms with van der Waals surface area (Å²) in [5.41, 5.74) is 1.02. The molecule has 0 amide bonds. The summed E-state index contributed by atoms with van der Waals surface area (Å²) in [6.45, 7) is 3.88. The lowest BCUT2D eigenvalue weighted by atomic mass is 10.2. The molecule has 2 rings (SSSR count). The molecule has 0 aromatic heterocycles. The molecule has 100 valence electrons. The molecule has 18 heavy (non-hydrogen) atoms. The van der Waals surface area contributed by atoms with Gasteiger partial charge < -0.3 is 5.32 Å². The molecule has 3 nitrogen and oxygen atoms in total. The van der Waals surface area contributed by atoms with Crippen molar-refractivity contribution in [1.82, 2.24) is 0 Å². The minimum Gasteiger partial charge on any atom is -0.382 e. The van der Waals surface area contributed by atoms with Gasteiger partial charge in [0.05, 0.1) is 10.6 Å². The summed E-state index contributed by atoms with van der Waals surface area (Å²) in [6.07, 6.45) is 3.75. The average molecular weight is 267 g/mol. The zero-order chi connectivity index (χ0) is 13.2. The lowest BCUT2D eigenvalue weighted by molar-refractivity contribution is 0.597. The van der Waals surface area contributed by atoms with E-state index in [0.29, 0.717) is 10.9 Å². The topological polar surface area (TPSA) is 46.2 Å². The first-order valence-electron chi connectivity index (χ1n) is 6.66. The van der Waals surface area contributed by atoms with Crippen LogP contribution >= 0.6 is 0 Å². The molecule has 1 fully saturated rings. The Hall–Kier alpha value is -1.03. The fraction of sp³-hybridized carbons (Fsp3) is 0.571. The predicted octanol–water partition coefficient (Wildman–Crippen LogP) is 3.08. The number of rotatable bonds is 6. The fourth-order valence-corrected chi connectivity index (χ4v) is 3.14. The van der Waals surface area contributed by atoms with Crippen molar-refractivity contribution < 1.29 is 8.42 Å². The van der Waals surface area contributed by atoms with Crippen LogP contribution in [0.3, 0.4) is 0 Å². The molecule has 0 radical (unpaired) electrons. The molecule has 1 saturated carbocycles. The van der Waals surface area contributed by atoms with Crippen LogP contribution in [0.4, 0.5) is 5.69 Å². The summed E-state index contributed by atoms with van der Waals surface area (Å²) in [5, 5.41) is 3.45. The Kier molecular flexibility index (Phi) is 3.95. The van der Waals surface area contributed by atoms with E-state index < -0.39 is 9.84 Å². The zero-order valence-corrected chi connectivity index (χ0v) is 11.8. The molecule has 1 aliphatic carbocycles. The molecule has 0 bridgehead atoms. The number of benzene rings is 1. The maximum atomic E-state index is 11.7. The SMILES string of the molecule is CCCC1CC1Nc1ccc(S(=O)(=O)CC)cc1. The fourth-order valence-electron chi connectivity index (χ4n) is 2.25. The van der Waals surface area contributed by atoms with Crippen LogP contribution in [-0.4, -0.2) is 20.2 Å². The summed E-state index contributed by atoms with van der Waals surface area (Å²) in [6, 6.07) is 7.70. The van der Waals surface area contributed by atoms with E-state index in [-0.39, 0.29) is 5.75 Å². The third-order valence-electron chi connectivity index (χ3n) is 3.53. The van der Waals surface area contributed by atoms with Crippen LogP contribution < -0.4 is 5.32 Å². The predicted molar refractivity (Wildman–Crippen MR) is 74.6 cm³/mol. The van der Waals surface area contributed by atoms with Gasteiger partial charge in [-0.3, -0.25) is 0 Å². The van der Waals surface area contributed by atoms with Crippen LogP contribution in [0.15, 0.2) is 29.2 Å². The van der Waals surface area contributed by atoms with Crippen LogP contribution in [0.5, 0.6) is 0 Å². The molecular weight excluding hydrogens is 246 g/mol. The van der Waals surface area contributed by atoms with E-state index in [0.717, 1.165) is 11.6 Å². The highest BCUT2D eigenvalue weighted by atomic mass is 32.2. The van der Waals surface area contributed by atoms with Gasteiger partial charge in [0, 0.05) is 11.7 Å². The maximum Gasteiger partial charge on any atom is 0.178 e. The largest absolute Gasteiger partial charge is 0.382 e. The van der Waals surface area contributed by atoms with E-state index in [1.807, 2.05) is 12.1 Å². The molecule has 1 N–H and O–H groups in total. The monoisotopic (exact) mass is 267 g/mol. The standard InChI is InChI=1S/C14H21NO2S/c1-3-5-11-10-14(11)15-12-6-8-13(9-7-12)18(16,17)4-2/h6-9,11,14-15H,3-5,10H2,1-2H3. The van der Waals surface area contributed by atoms with E-state index in [1.54, 1.807) is 19.1 Å². The molecule has 2 unspecified atom stereocenters. The number of hydrogen-bond acceptors (Lipinski definition) is 3. The van der Waals surface area contributed by atoms with E-state index in [4.69, 9.17) is 0 Å². The van der Waals surface area contributed by atoms with Crippen molar-refractivity contribution in [2.24, 2.45) is 5.92 Å². The van der Waals surface area contributed by atoms with Crippen molar-refractivity contribution in [2.75, 3.05) is 11.1 Å². The normalized spacial score (nSPS) is 22.8. The van der Waals surface area contributed by atoms with Gasteiger partial charge >= 0.3 is 0 Å². The zero-order valence-electron chi connectivity index (χ0n) is 11.0. The van der Waals surface area contributed by atoms with E-state index in [1.165, 1.54) is 19.3 Å². The van der Waals surface area contributed by atoms with Crippen molar-refractivity contribution in [3.8, 4) is 0 Å². The summed E-state index contributed by atoms with van der Waals surface area (Å²) in [5.74, 6) is 0.954. The first kappa shape index (κ1) is 13.4. The van der Waals surface area contributed by atoms with Gasteiger partial charge in [-0.25, -0.2) is 8.42 Å². The third-order valence-corrected chi connectivity index (χ3v) is 5.28. The molecule has 0 saturated heterocycles. The molecule has 0 heterocycles. The van der Waals surface area contributed by atoms with Gasteiger partial charge in [0.1, 0.15) is 0 Å². The van der Waals surface area contributed by atoms with Crippen molar-refractivity contribution in [1.29, 1.82) is 0 Å². The highest BCUT2D eigenvalue weighted by Crippen LogP contribution is 2.37. The number of sulfone groups is 1. The molecule has 0 aliphatic heterocycles. The average Bonchev–Trinajstić information content (AvgIpc) is 3.08. The molecule has 1 aromatic rings. The van der Waals surface area contributed by atoms with Crippen molar-refractivity contribution >= 4 is 15.5 Å². The molecule has 0 spiro atoms. The first-order chi connectivity index (χ1) is 8.56. The van der Waals surface area contributed by atoms with Crippen molar-refractivity contribution in [3.63, 3.8) is 0 Å². The highest BCUT2D eigenvalue weighted by molar-refractivity contribution is 7.91. The summed E-state index contributed by atoms with van der Waals surface area (Å²) in [4.78, 5) is 0.413. The summed E-state index contributed by atoms with van der Waals surface area (Å²) in [7, 11) is -3.07. The smallest absolute Gasteiger partial charge is 0.178 e. The lowest BCUT2D eigenvalue weighted by Crippen LogP contribution is -2.06. The number of nitrogens with one attached hydrogen (secondary N) is 1. The van der Waals surface area contributed by atoms with Crippen molar-refractivity contribution in [3.05, 3.63) is 24.3 Å². The van der Waals surface area contributed by atoms with Crippen LogP contribution in [-0.2, 0) is 9.84 Å². The minimum absolute atomic E-state index is 0.154. The Balaban J connectivity index is 1.97. The molecule has 4 heteroatoms. The second-order valence-electron chi connectivity index (χ2n) is 4.96. The first-order valence-corrected chi connectivity index (χ1v) is 8.31. The van der Waals surface area contributed by atoms with E-state index in [2.05, 4.69) is 12.2 Å². The van der Waals surface area contributed by atoms with Crippen LogP contribution in [0.1, 0.15) is 33.1 Å². The second-order valence-corrected chi connectivity index (χ2v) is 7.24. The Morgan fingerprint density at radius 1 is 1.22 bits per heavy atom. The summed E-state index contributed by atoms with van der Waals surface area (Å²) >= 11 is 0. The van der Waals surface area contributed by atoms with Crippen LogP contribution in [0, 0.1) is 5.92 Å². The molecular formula is C14H21NO2S. The Morgan fingerprint density at radius 3 is 2.44 bits per heavy atom. The van der Waals surface area contributed by atoms with Gasteiger partial charge in [0.25, 0.3) is 0 Å². The quantitative estimate of drug-likeness (QED) is 0.861. The molecule has 1 aliphatic rings. The van der Waals surface area contributed by atoms with Gasteiger partial charge in [-0.2, -0.15) is 0 Å². The number of anilines is 1. The summed E-state index contributed by atoms with van der Waals surface area (Å²) < 4.78 is 23.3. The van der Waals surface area contributed by atoms with Crippen molar-refractivity contribution in [2.45, 2.75) is 44.0 Å². The van der Waals surface area contributed by atoms with Gasteiger partial charge in [-0.05, 0) is 43.0 Å². The molecule has 1 aromatic carbocycles. The van der Waals surface area contributed by atoms with Gasteiger partial charge in [-0.15, -0.1) is 0 Å². The van der Waals surface area contributed by atoms with E-state index >= 15 is 0 Å². The van der Waals surface area contributed by atoms with Gasteiger partial charge in [-0.1, -0.05) is 20.3 Å². The van der Waals surface area contributed by atoms with Crippen LogP contribution in [0.25, 0.3) is 0 Å². The lowest BCUT2D eigenvalue weighted by Gasteiger charge is -2.07. The number of hydrogen-bond donors (Lipinski definition) is 1. The third kappa shape index (κ3) is 3.05.